The van der Waals surface area contributed by atoms with Crippen LogP contribution in [0.3, 0.4) is 0 Å². The van der Waals surface area contributed by atoms with Crippen LogP contribution >= 0.6 is 35.6 Å². The first-order chi connectivity index (χ1) is 4.18. The maximum absolute atomic E-state index is 9.82. The van der Waals surface area contributed by atoms with E-state index >= 15 is 0 Å². The first-order valence-electron chi connectivity index (χ1n) is 2.44. The lowest BCUT2D eigenvalue weighted by molar-refractivity contribution is -0.140. The Morgan fingerprint density at radius 2 is 1.80 bits per heavy atom. The zero-order valence-corrected chi connectivity index (χ0v) is 8.22. The molecule has 64 valence electrons. The third-order valence-electron chi connectivity index (χ3n) is 0.348. The van der Waals surface area contributed by atoms with Gasteiger partial charge in [0.25, 0.3) is 0 Å². The monoisotopic (exact) mass is 208 g/mol. The lowest BCUT2D eigenvalue weighted by Gasteiger charge is -1.89. The molecule has 0 aliphatic carbocycles. The van der Waals surface area contributed by atoms with Gasteiger partial charge < -0.3 is 4.74 Å². The van der Waals surface area contributed by atoms with Crippen LogP contribution in [0.5, 0.6) is 0 Å². The Kier molecular flexibility index (Phi) is 27.1. The topological polar surface area (TPSA) is 26.3 Å². The summed E-state index contributed by atoms with van der Waals surface area (Å²) in [6, 6.07) is 0. The molecule has 5 heteroatoms. The van der Waals surface area contributed by atoms with Gasteiger partial charge in [-0.1, -0.05) is 0 Å². The second-order valence-corrected chi connectivity index (χ2v) is 1.83. The molecule has 0 fully saturated rings. The molecular formula is C5H11Cl3O2. The minimum absolute atomic E-state index is 0. The van der Waals surface area contributed by atoms with Crippen molar-refractivity contribution < 1.29 is 9.53 Å². The van der Waals surface area contributed by atoms with Gasteiger partial charge in [-0.05, 0) is 6.92 Å². The van der Waals surface area contributed by atoms with Gasteiger partial charge in [-0.3, -0.25) is 4.79 Å². The molecule has 0 aromatic heterocycles. The van der Waals surface area contributed by atoms with Crippen LogP contribution in [0.2, 0.25) is 0 Å². The van der Waals surface area contributed by atoms with Gasteiger partial charge in [0.1, 0.15) is 0 Å². The number of alkyl halides is 2. The van der Waals surface area contributed by atoms with E-state index in [2.05, 4.69) is 4.74 Å². The molecule has 0 amide bonds. The number of carbonyl (C=O) groups excluding carboxylic acids is 1. The highest BCUT2D eigenvalue weighted by Gasteiger charge is 1.81. The van der Waals surface area contributed by atoms with Crippen LogP contribution in [0.1, 0.15) is 13.8 Å². The highest BCUT2D eigenvalue weighted by Crippen LogP contribution is 1.73. The average Bonchev–Trinajstić information content (AvgIpc) is 1.67. The molecule has 0 aromatic rings. The number of carbonyl (C=O) groups is 1. The normalized spacial score (nSPS) is 6.40. The maximum atomic E-state index is 9.82. The Morgan fingerprint density at radius 1 is 1.50 bits per heavy atom. The quantitative estimate of drug-likeness (QED) is 0.490. The molecule has 0 radical (unpaired) electrons. The molecule has 0 N–H and O–H groups in total. The summed E-state index contributed by atoms with van der Waals surface area (Å²) in [5.41, 5.74) is 0. The average molecular weight is 209 g/mol. The summed E-state index contributed by atoms with van der Waals surface area (Å²) in [5.74, 6) is -0.211. The van der Waals surface area contributed by atoms with Gasteiger partial charge in [0.15, 0.2) is 0 Å². The van der Waals surface area contributed by atoms with Crippen molar-refractivity contribution in [3.05, 3.63) is 0 Å². The van der Waals surface area contributed by atoms with Gasteiger partial charge in [0.05, 0.1) is 11.9 Å². The van der Waals surface area contributed by atoms with Crippen LogP contribution < -0.4 is 0 Å². The molecule has 0 saturated heterocycles. The lowest BCUT2D eigenvalue weighted by Crippen LogP contribution is -1.95. The van der Waals surface area contributed by atoms with Gasteiger partial charge in [-0.15, -0.1) is 35.6 Å². The third-order valence-corrected chi connectivity index (χ3v) is 0.348. The number of hydrogen-bond donors (Lipinski definition) is 0. The fourth-order valence-corrected chi connectivity index (χ4v) is 0.203. The second-order valence-electron chi connectivity index (χ2n) is 1.03. The summed E-state index contributed by atoms with van der Waals surface area (Å²) in [4.78, 5) is 9.82. The molecule has 0 saturated carbocycles. The molecule has 0 aliphatic heterocycles. The Bertz CT molecular complexity index is 67.9. The van der Waals surface area contributed by atoms with Crippen molar-refractivity contribution in [2.24, 2.45) is 0 Å². The number of ether oxygens (including phenoxy) is 1. The van der Waals surface area contributed by atoms with Crippen molar-refractivity contribution in [3.63, 3.8) is 0 Å². The van der Waals surface area contributed by atoms with Crippen LogP contribution in [0.4, 0.5) is 0 Å². The Balaban J connectivity index is -0.000000107. The Morgan fingerprint density at radius 3 is 1.80 bits per heavy atom. The summed E-state index contributed by atoms with van der Waals surface area (Å²) in [6.07, 6.45) is 0. The zero-order chi connectivity index (χ0) is 7.70. The van der Waals surface area contributed by atoms with Gasteiger partial charge >= 0.3 is 5.97 Å². The summed E-state index contributed by atoms with van der Waals surface area (Å²) in [6.45, 7) is 3.65. The zero-order valence-electron chi connectivity index (χ0n) is 5.89. The molecule has 0 heterocycles. The maximum Gasteiger partial charge on any atom is 0.302 e. The van der Waals surface area contributed by atoms with Crippen molar-refractivity contribution >= 4 is 41.6 Å². The fraction of sp³-hybridized carbons (Fsp3) is 0.800. The van der Waals surface area contributed by atoms with Crippen molar-refractivity contribution in [2.45, 2.75) is 13.8 Å². The Labute approximate surface area is 77.2 Å². The SMILES string of the molecule is CCOC(C)=O.Cl.ClCCl. The van der Waals surface area contributed by atoms with E-state index in [1.807, 2.05) is 0 Å². The standard InChI is InChI=1S/C4H8O2.CH2Cl2.ClH/c1-3-6-4(2)5;2-1-3;/h3H2,1-2H3;1H2;1H. The van der Waals surface area contributed by atoms with E-state index in [0.29, 0.717) is 6.61 Å². The van der Waals surface area contributed by atoms with Crippen LogP contribution in [-0.4, -0.2) is 17.9 Å². The van der Waals surface area contributed by atoms with E-state index in [0.717, 1.165) is 0 Å². The van der Waals surface area contributed by atoms with E-state index in [1.165, 1.54) is 6.92 Å². The smallest absolute Gasteiger partial charge is 0.302 e. The largest absolute Gasteiger partial charge is 0.466 e. The first-order valence-corrected chi connectivity index (χ1v) is 3.51. The Hall–Kier alpha value is 0.340. The molecule has 0 aromatic carbocycles. The van der Waals surface area contributed by atoms with Gasteiger partial charge in [0.2, 0.25) is 0 Å². The molecule has 0 rings (SSSR count). The molecule has 0 spiro atoms. The lowest BCUT2D eigenvalue weighted by atomic mass is 10.8. The molecule has 0 unspecified atom stereocenters. The van der Waals surface area contributed by atoms with E-state index < -0.39 is 0 Å². The predicted molar refractivity (Wildman–Crippen MR) is 46.1 cm³/mol. The van der Waals surface area contributed by atoms with Gasteiger partial charge in [-0.2, -0.15) is 0 Å². The van der Waals surface area contributed by atoms with Crippen molar-refractivity contribution in [1.82, 2.24) is 0 Å². The third kappa shape index (κ3) is 40.3. The first kappa shape index (κ1) is 16.7. The van der Waals surface area contributed by atoms with Crippen LogP contribution in [-0.2, 0) is 9.53 Å². The summed E-state index contributed by atoms with van der Waals surface area (Å²) in [5, 5.41) is 0.194. The second kappa shape index (κ2) is 16.2. The highest BCUT2D eigenvalue weighted by molar-refractivity contribution is 6.40. The van der Waals surface area contributed by atoms with Crippen molar-refractivity contribution in [3.8, 4) is 0 Å². The molecular weight excluding hydrogens is 198 g/mol. The summed E-state index contributed by atoms with van der Waals surface area (Å²) < 4.78 is 4.40. The number of esters is 1. The van der Waals surface area contributed by atoms with E-state index in [1.54, 1.807) is 6.92 Å². The van der Waals surface area contributed by atoms with Crippen molar-refractivity contribution in [1.29, 1.82) is 0 Å². The molecule has 0 atom stereocenters. The van der Waals surface area contributed by atoms with Crippen LogP contribution in [0.25, 0.3) is 0 Å². The highest BCUT2D eigenvalue weighted by atomic mass is 35.5. The van der Waals surface area contributed by atoms with Crippen LogP contribution in [0.15, 0.2) is 0 Å². The molecule has 0 bridgehead atoms. The van der Waals surface area contributed by atoms with Crippen LogP contribution in [0, 0.1) is 0 Å². The fourth-order valence-electron chi connectivity index (χ4n) is 0.203. The molecule has 10 heavy (non-hydrogen) atoms. The molecule has 2 nitrogen and oxygen atoms in total. The predicted octanol–water partition coefficient (Wildman–Crippen LogP) is 2.41. The van der Waals surface area contributed by atoms with Gasteiger partial charge in [-0.25, -0.2) is 0 Å². The van der Waals surface area contributed by atoms with E-state index in [4.69, 9.17) is 23.2 Å². The number of hydrogen-bond acceptors (Lipinski definition) is 2. The summed E-state index contributed by atoms with van der Waals surface area (Å²) in [7, 11) is 0. The molecule has 0 aliphatic rings. The van der Waals surface area contributed by atoms with Crippen molar-refractivity contribution in [2.75, 3.05) is 11.9 Å². The minimum atomic E-state index is -0.211. The number of rotatable bonds is 1. The summed E-state index contributed by atoms with van der Waals surface area (Å²) >= 11 is 9.53. The van der Waals surface area contributed by atoms with E-state index in [9.17, 15) is 4.79 Å². The van der Waals surface area contributed by atoms with Gasteiger partial charge in [0, 0.05) is 6.92 Å². The number of halogens is 3. The minimum Gasteiger partial charge on any atom is -0.466 e. The van der Waals surface area contributed by atoms with E-state index in [-0.39, 0.29) is 23.7 Å².